The molecule has 0 heterocycles. The summed E-state index contributed by atoms with van der Waals surface area (Å²) in [6.45, 7) is 5.18. The van der Waals surface area contributed by atoms with Crippen LogP contribution in [0.2, 0.25) is 0 Å². The molecule has 0 saturated carbocycles. The fourth-order valence-electron chi connectivity index (χ4n) is 6.45. The molecule has 0 radical (unpaired) electrons. The zero-order valence-electron chi connectivity index (χ0n) is 36.6. The molecule has 11 heteroatoms. The molecule has 0 unspecified atom stereocenters. The highest BCUT2D eigenvalue weighted by Gasteiger charge is 2.19. The predicted molar refractivity (Wildman–Crippen MR) is 249 cm³/mol. The van der Waals surface area contributed by atoms with Crippen molar-refractivity contribution in [3.05, 3.63) is 154 Å². The molecule has 0 fully saturated rings. The summed E-state index contributed by atoms with van der Waals surface area (Å²) in [7, 11) is 0. The second kappa shape index (κ2) is 26.3. The predicted octanol–water partition coefficient (Wildman–Crippen LogP) is 12.5. The van der Waals surface area contributed by atoms with Crippen molar-refractivity contribution in [3.63, 3.8) is 0 Å². The first-order valence-corrected chi connectivity index (χ1v) is 22.1. The summed E-state index contributed by atoms with van der Waals surface area (Å²) >= 11 is 0. The van der Waals surface area contributed by atoms with Gasteiger partial charge >= 0.3 is 23.9 Å². The van der Waals surface area contributed by atoms with Gasteiger partial charge in [-0.3, -0.25) is 9.98 Å². The molecular formula is C53H55N3O8. The van der Waals surface area contributed by atoms with Crippen LogP contribution in [0, 0.1) is 11.3 Å². The maximum Gasteiger partial charge on any atom is 0.343 e. The number of esters is 4. The van der Waals surface area contributed by atoms with Gasteiger partial charge in [-0.05, 0) is 109 Å². The van der Waals surface area contributed by atoms with Crippen molar-refractivity contribution in [2.45, 2.75) is 90.9 Å². The van der Waals surface area contributed by atoms with Crippen LogP contribution < -0.4 is 9.47 Å². The zero-order chi connectivity index (χ0) is 45.4. The largest absolute Gasteiger partial charge is 0.462 e. The van der Waals surface area contributed by atoms with Crippen LogP contribution in [0.5, 0.6) is 11.5 Å². The minimum absolute atomic E-state index is 0.0668. The fourth-order valence-corrected chi connectivity index (χ4v) is 6.45. The number of carbonyl (C=O) groups is 4. The Morgan fingerprint density at radius 2 is 0.812 bits per heavy atom. The second-order valence-electron chi connectivity index (χ2n) is 15.2. The van der Waals surface area contributed by atoms with E-state index in [1.165, 1.54) is 56.7 Å². The minimum Gasteiger partial charge on any atom is -0.462 e. The number of hydrogen-bond donors (Lipinski definition) is 0. The van der Waals surface area contributed by atoms with Crippen molar-refractivity contribution in [2.75, 3.05) is 13.2 Å². The molecule has 5 aromatic rings. The van der Waals surface area contributed by atoms with E-state index in [0.29, 0.717) is 35.7 Å². The van der Waals surface area contributed by atoms with E-state index in [4.69, 9.17) is 18.9 Å². The number of hydrogen-bond acceptors (Lipinski definition) is 11. The number of ether oxygens (including phenoxy) is 4. The SMILES string of the molecule is CCCCCCCCOC(=O)c1ccc(N=Cc2ccc(C(=O)Oc3cccc(OC(=O)c4ccc(C=Nc5ccc(C(=O)OCCCCCCCC)cc5)cc4)c3C#N)cc2)cc1. The van der Waals surface area contributed by atoms with E-state index in [0.717, 1.165) is 49.7 Å². The van der Waals surface area contributed by atoms with E-state index >= 15 is 0 Å². The molecule has 5 aromatic carbocycles. The quantitative estimate of drug-likeness (QED) is 0.0255. The molecule has 0 aliphatic rings. The van der Waals surface area contributed by atoms with E-state index in [-0.39, 0.29) is 40.1 Å². The third kappa shape index (κ3) is 15.6. The van der Waals surface area contributed by atoms with Gasteiger partial charge in [-0.1, -0.05) is 108 Å². The summed E-state index contributed by atoms with van der Waals surface area (Å²) in [5.41, 5.74) is 3.98. The van der Waals surface area contributed by atoms with Crippen molar-refractivity contribution < 1.29 is 38.1 Å². The van der Waals surface area contributed by atoms with Crippen molar-refractivity contribution in [2.24, 2.45) is 9.98 Å². The lowest BCUT2D eigenvalue weighted by Gasteiger charge is -2.10. The smallest absolute Gasteiger partial charge is 0.343 e. The van der Waals surface area contributed by atoms with Gasteiger partial charge < -0.3 is 18.9 Å². The Morgan fingerprint density at radius 1 is 0.469 bits per heavy atom. The summed E-state index contributed by atoms with van der Waals surface area (Å²) in [5, 5.41) is 9.97. The lowest BCUT2D eigenvalue weighted by atomic mass is 10.1. The molecule has 0 amide bonds. The molecule has 0 bridgehead atoms. The molecule has 64 heavy (non-hydrogen) atoms. The second-order valence-corrected chi connectivity index (χ2v) is 15.2. The molecule has 0 saturated heterocycles. The van der Waals surface area contributed by atoms with E-state index in [2.05, 4.69) is 23.8 Å². The number of nitriles is 1. The van der Waals surface area contributed by atoms with E-state index in [1.807, 2.05) is 6.07 Å². The third-order valence-corrected chi connectivity index (χ3v) is 10.2. The van der Waals surface area contributed by atoms with Gasteiger partial charge in [-0.25, -0.2) is 19.2 Å². The van der Waals surface area contributed by atoms with Gasteiger partial charge in [0, 0.05) is 12.4 Å². The lowest BCUT2D eigenvalue weighted by molar-refractivity contribution is 0.0488. The van der Waals surface area contributed by atoms with Gasteiger partial charge in [0.25, 0.3) is 0 Å². The van der Waals surface area contributed by atoms with E-state index in [9.17, 15) is 24.4 Å². The van der Waals surface area contributed by atoms with Crippen LogP contribution in [0.4, 0.5) is 11.4 Å². The number of nitrogens with zero attached hydrogens (tertiary/aromatic N) is 3. The first-order chi connectivity index (χ1) is 31.3. The van der Waals surface area contributed by atoms with Gasteiger partial charge in [0.2, 0.25) is 0 Å². The first-order valence-electron chi connectivity index (χ1n) is 22.1. The molecule has 0 aromatic heterocycles. The molecule has 0 N–H and O–H groups in total. The average Bonchev–Trinajstić information content (AvgIpc) is 3.32. The van der Waals surface area contributed by atoms with Crippen molar-refractivity contribution >= 4 is 47.7 Å². The number of unbranched alkanes of at least 4 members (excludes halogenated alkanes) is 10. The summed E-state index contributed by atoms with van der Waals surface area (Å²) in [6, 6.07) is 33.1. The normalized spacial score (nSPS) is 11.0. The lowest BCUT2D eigenvalue weighted by Crippen LogP contribution is -2.12. The Hall–Kier alpha value is -7.19. The van der Waals surface area contributed by atoms with Crippen LogP contribution in [-0.2, 0) is 9.47 Å². The van der Waals surface area contributed by atoms with Gasteiger partial charge in [0.1, 0.15) is 11.6 Å². The van der Waals surface area contributed by atoms with Crippen molar-refractivity contribution in [1.82, 2.24) is 0 Å². The summed E-state index contributed by atoms with van der Waals surface area (Å²) in [4.78, 5) is 59.9. The number of aliphatic imine (C=N–C) groups is 2. The standard InChI is InChI=1S/C53H55N3O8/c1-3-5-7-9-11-13-34-61-50(57)41-26-30-45(31-27-41)55-37-39-18-22-43(23-19-39)52(59)63-48-16-15-17-49(47(48)36-54)64-53(60)44-24-20-40(21-25-44)38-56-46-32-28-42(29-33-46)51(58)62-35-14-12-10-8-6-4-2/h15-33,37-38H,3-14,34-35H2,1-2H3. The zero-order valence-corrected chi connectivity index (χ0v) is 36.6. The van der Waals surface area contributed by atoms with Crippen LogP contribution in [0.25, 0.3) is 0 Å². The van der Waals surface area contributed by atoms with Crippen LogP contribution in [-0.4, -0.2) is 49.5 Å². The highest BCUT2D eigenvalue weighted by Crippen LogP contribution is 2.29. The van der Waals surface area contributed by atoms with Crippen molar-refractivity contribution in [3.8, 4) is 17.6 Å². The molecule has 0 aliphatic carbocycles. The van der Waals surface area contributed by atoms with Gasteiger partial charge in [0.15, 0.2) is 11.5 Å². The molecule has 11 nitrogen and oxygen atoms in total. The number of carbonyl (C=O) groups excluding carboxylic acids is 4. The van der Waals surface area contributed by atoms with Crippen LogP contribution in [0.1, 0.15) is 149 Å². The Labute approximate surface area is 375 Å². The Morgan fingerprint density at radius 3 is 1.19 bits per heavy atom. The molecule has 0 spiro atoms. The van der Waals surface area contributed by atoms with Gasteiger partial charge in [-0.15, -0.1) is 0 Å². The van der Waals surface area contributed by atoms with E-state index in [1.54, 1.807) is 109 Å². The molecule has 5 rings (SSSR count). The molecule has 330 valence electrons. The average molecular weight is 862 g/mol. The minimum atomic E-state index is -0.711. The summed E-state index contributed by atoms with van der Waals surface area (Å²) in [6.07, 6.45) is 16.7. The first kappa shape index (κ1) is 47.9. The molecular weight excluding hydrogens is 807 g/mol. The maximum absolute atomic E-state index is 13.1. The van der Waals surface area contributed by atoms with Crippen LogP contribution >= 0.6 is 0 Å². The van der Waals surface area contributed by atoms with Crippen LogP contribution in [0.3, 0.4) is 0 Å². The third-order valence-electron chi connectivity index (χ3n) is 10.2. The topological polar surface area (TPSA) is 154 Å². The molecule has 0 aliphatic heterocycles. The highest BCUT2D eigenvalue weighted by molar-refractivity contribution is 5.95. The Bertz CT molecular complexity index is 2220. The van der Waals surface area contributed by atoms with Crippen LogP contribution in [0.15, 0.2) is 125 Å². The van der Waals surface area contributed by atoms with E-state index < -0.39 is 11.9 Å². The fraction of sp³-hybridized carbons (Fsp3) is 0.302. The highest BCUT2D eigenvalue weighted by atomic mass is 16.6. The van der Waals surface area contributed by atoms with Gasteiger partial charge in [0.05, 0.1) is 46.8 Å². The van der Waals surface area contributed by atoms with Gasteiger partial charge in [-0.2, -0.15) is 5.26 Å². The molecule has 0 atom stereocenters. The summed E-state index contributed by atoms with van der Waals surface area (Å²) in [5.74, 6) is -2.27. The Kier molecular flexibility index (Phi) is 19.7. The maximum atomic E-state index is 13.1. The van der Waals surface area contributed by atoms with Crippen molar-refractivity contribution in [1.29, 1.82) is 5.26 Å². The number of benzene rings is 5. The Balaban J connectivity index is 1.08. The summed E-state index contributed by atoms with van der Waals surface area (Å²) < 4.78 is 21.9. The monoisotopic (exact) mass is 861 g/mol. The number of rotatable bonds is 24.